The van der Waals surface area contributed by atoms with Crippen LogP contribution in [0.25, 0.3) is 0 Å². The number of carbonyl (C=O) groups is 2. The molecule has 144 valence electrons. The molecule has 0 aliphatic heterocycles. The Morgan fingerprint density at radius 3 is 2.48 bits per heavy atom. The third kappa shape index (κ3) is 5.91. The van der Waals surface area contributed by atoms with E-state index in [1.165, 1.54) is 14.2 Å². The number of hydrogen-bond acceptors (Lipinski definition) is 6. The summed E-state index contributed by atoms with van der Waals surface area (Å²) in [6.45, 7) is 3.04. The fourth-order valence-electron chi connectivity index (χ4n) is 2.29. The molecule has 0 aliphatic carbocycles. The van der Waals surface area contributed by atoms with E-state index >= 15 is 0 Å². The maximum absolute atomic E-state index is 12.1. The van der Waals surface area contributed by atoms with Gasteiger partial charge in [0.25, 0.3) is 5.91 Å². The third-order valence-electron chi connectivity index (χ3n) is 3.66. The number of carbonyl (C=O) groups excluding carboxylic acids is 2. The predicted octanol–water partition coefficient (Wildman–Crippen LogP) is 2.96. The van der Waals surface area contributed by atoms with Crippen LogP contribution < -0.4 is 19.5 Å². The van der Waals surface area contributed by atoms with Gasteiger partial charge in [-0.05, 0) is 43.7 Å². The number of ether oxygens (including phenoxy) is 4. The Morgan fingerprint density at radius 1 is 1.04 bits per heavy atom. The van der Waals surface area contributed by atoms with E-state index in [-0.39, 0.29) is 0 Å². The fraction of sp³-hybridized carbons (Fsp3) is 0.300. The summed E-state index contributed by atoms with van der Waals surface area (Å²) < 4.78 is 20.9. The number of amides is 1. The van der Waals surface area contributed by atoms with Crippen molar-refractivity contribution >= 4 is 17.6 Å². The molecule has 2 aromatic carbocycles. The molecular weight excluding hydrogens is 350 g/mol. The topological polar surface area (TPSA) is 83.1 Å². The first-order valence-corrected chi connectivity index (χ1v) is 8.34. The molecule has 7 heteroatoms. The summed E-state index contributed by atoms with van der Waals surface area (Å²) in [5.41, 5.74) is 1.43. The summed E-state index contributed by atoms with van der Waals surface area (Å²) in [4.78, 5) is 24.1. The minimum absolute atomic E-state index is 0.418. The minimum atomic E-state index is -0.842. The molecule has 0 unspecified atom stereocenters. The molecule has 0 heterocycles. The first kappa shape index (κ1) is 20.1. The van der Waals surface area contributed by atoms with E-state index < -0.39 is 24.6 Å². The van der Waals surface area contributed by atoms with Gasteiger partial charge < -0.3 is 24.3 Å². The van der Waals surface area contributed by atoms with E-state index in [4.69, 9.17) is 18.9 Å². The van der Waals surface area contributed by atoms with E-state index in [9.17, 15) is 9.59 Å². The average Bonchev–Trinajstić information content (AvgIpc) is 2.66. The molecule has 0 bridgehead atoms. The Kier molecular flexibility index (Phi) is 7.05. The quantitative estimate of drug-likeness (QED) is 0.717. The lowest BCUT2D eigenvalue weighted by Crippen LogP contribution is -2.29. The zero-order chi connectivity index (χ0) is 19.8. The van der Waals surface area contributed by atoms with Gasteiger partial charge in [-0.3, -0.25) is 4.79 Å². The fourth-order valence-corrected chi connectivity index (χ4v) is 2.29. The molecule has 1 amide bonds. The van der Waals surface area contributed by atoms with Crippen molar-refractivity contribution in [3.8, 4) is 17.2 Å². The number of esters is 1. The summed E-state index contributed by atoms with van der Waals surface area (Å²) in [6, 6.07) is 12.3. The molecule has 0 radical (unpaired) electrons. The van der Waals surface area contributed by atoms with E-state index in [0.29, 0.717) is 22.9 Å². The van der Waals surface area contributed by atoms with Crippen molar-refractivity contribution in [2.75, 3.05) is 26.1 Å². The molecule has 0 saturated carbocycles. The molecule has 1 N–H and O–H groups in total. The van der Waals surface area contributed by atoms with Gasteiger partial charge in [0.1, 0.15) is 17.2 Å². The number of aryl methyl sites for hydroxylation is 1. The van der Waals surface area contributed by atoms with Crippen LogP contribution in [0.2, 0.25) is 0 Å². The highest BCUT2D eigenvalue weighted by Crippen LogP contribution is 2.28. The Bertz CT molecular complexity index is 805. The molecule has 0 fully saturated rings. The number of hydrogen-bond donors (Lipinski definition) is 1. The normalized spacial score (nSPS) is 11.3. The zero-order valence-electron chi connectivity index (χ0n) is 15.8. The van der Waals surface area contributed by atoms with E-state index in [1.807, 2.05) is 25.1 Å². The highest BCUT2D eigenvalue weighted by atomic mass is 16.6. The molecule has 1 atom stereocenters. The molecule has 0 aromatic heterocycles. The van der Waals surface area contributed by atoms with Crippen molar-refractivity contribution in [1.82, 2.24) is 0 Å². The first-order valence-electron chi connectivity index (χ1n) is 8.34. The van der Waals surface area contributed by atoms with Crippen LogP contribution in [0.1, 0.15) is 12.5 Å². The third-order valence-corrected chi connectivity index (χ3v) is 3.66. The molecule has 2 rings (SSSR count). The molecule has 0 saturated heterocycles. The monoisotopic (exact) mass is 373 g/mol. The Balaban J connectivity index is 1.88. The van der Waals surface area contributed by atoms with Crippen molar-refractivity contribution in [3.05, 3.63) is 48.0 Å². The Morgan fingerprint density at radius 2 is 1.81 bits per heavy atom. The van der Waals surface area contributed by atoms with Crippen molar-refractivity contribution in [3.63, 3.8) is 0 Å². The van der Waals surface area contributed by atoms with Gasteiger partial charge in [0.2, 0.25) is 0 Å². The molecule has 0 aliphatic rings. The van der Waals surface area contributed by atoms with Crippen LogP contribution in [-0.4, -0.2) is 38.8 Å². The molecule has 2 aromatic rings. The molecule has 27 heavy (non-hydrogen) atoms. The van der Waals surface area contributed by atoms with Crippen LogP contribution >= 0.6 is 0 Å². The smallest absolute Gasteiger partial charge is 0.347 e. The van der Waals surface area contributed by atoms with Crippen molar-refractivity contribution in [1.29, 1.82) is 0 Å². The van der Waals surface area contributed by atoms with Crippen LogP contribution in [0.3, 0.4) is 0 Å². The van der Waals surface area contributed by atoms with Crippen molar-refractivity contribution in [2.24, 2.45) is 0 Å². The summed E-state index contributed by atoms with van der Waals surface area (Å²) in [7, 11) is 3.01. The standard InChI is InChI=1S/C20H23NO6/c1-13-6-5-7-16(10-13)27-14(2)20(23)26-12-19(22)21-17-11-15(24-3)8-9-18(17)25-4/h5-11,14H,12H2,1-4H3,(H,21,22)/t14-/m0/s1. The summed E-state index contributed by atoms with van der Waals surface area (Å²) in [6.07, 6.45) is -0.842. The van der Waals surface area contributed by atoms with Gasteiger partial charge in [-0.15, -0.1) is 0 Å². The van der Waals surface area contributed by atoms with Crippen LogP contribution in [0, 0.1) is 6.92 Å². The lowest BCUT2D eigenvalue weighted by molar-refractivity contribution is -0.153. The Hall–Kier alpha value is -3.22. The average molecular weight is 373 g/mol. The van der Waals surface area contributed by atoms with Crippen LogP contribution in [0.15, 0.2) is 42.5 Å². The summed E-state index contributed by atoms with van der Waals surface area (Å²) >= 11 is 0. The molecule has 0 spiro atoms. The SMILES string of the molecule is COc1ccc(OC)c(NC(=O)COC(=O)[C@H](C)Oc2cccc(C)c2)c1. The number of benzene rings is 2. The summed E-state index contributed by atoms with van der Waals surface area (Å²) in [5.74, 6) is 0.446. The zero-order valence-corrected chi connectivity index (χ0v) is 15.8. The predicted molar refractivity (Wildman–Crippen MR) is 100 cm³/mol. The first-order chi connectivity index (χ1) is 12.9. The lowest BCUT2D eigenvalue weighted by Gasteiger charge is -2.15. The van der Waals surface area contributed by atoms with Gasteiger partial charge in [-0.2, -0.15) is 0 Å². The highest BCUT2D eigenvalue weighted by molar-refractivity contribution is 5.94. The molecule has 7 nitrogen and oxygen atoms in total. The number of methoxy groups -OCH3 is 2. The van der Waals surface area contributed by atoms with E-state index in [2.05, 4.69) is 5.32 Å². The maximum atomic E-state index is 12.1. The van der Waals surface area contributed by atoms with Gasteiger partial charge in [0.15, 0.2) is 12.7 Å². The summed E-state index contributed by atoms with van der Waals surface area (Å²) in [5, 5.41) is 2.63. The van der Waals surface area contributed by atoms with Crippen molar-refractivity contribution < 1.29 is 28.5 Å². The van der Waals surface area contributed by atoms with Crippen LogP contribution in [0.5, 0.6) is 17.2 Å². The maximum Gasteiger partial charge on any atom is 0.347 e. The minimum Gasteiger partial charge on any atom is -0.497 e. The van der Waals surface area contributed by atoms with Crippen LogP contribution in [-0.2, 0) is 14.3 Å². The largest absolute Gasteiger partial charge is 0.497 e. The number of rotatable bonds is 8. The van der Waals surface area contributed by atoms with E-state index in [1.54, 1.807) is 31.2 Å². The number of anilines is 1. The van der Waals surface area contributed by atoms with E-state index in [0.717, 1.165) is 5.56 Å². The second-order valence-electron chi connectivity index (χ2n) is 5.80. The van der Waals surface area contributed by atoms with Crippen molar-refractivity contribution in [2.45, 2.75) is 20.0 Å². The van der Waals surface area contributed by atoms with Gasteiger partial charge in [-0.25, -0.2) is 4.79 Å². The van der Waals surface area contributed by atoms with Gasteiger partial charge in [0.05, 0.1) is 19.9 Å². The highest BCUT2D eigenvalue weighted by Gasteiger charge is 2.18. The Labute approximate surface area is 158 Å². The van der Waals surface area contributed by atoms with Crippen LogP contribution in [0.4, 0.5) is 5.69 Å². The van der Waals surface area contributed by atoms with Gasteiger partial charge in [-0.1, -0.05) is 12.1 Å². The lowest BCUT2D eigenvalue weighted by atomic mass is 10.2. The second kappa shape index (κ2) is 9.47. The van der Waals surface area contributed by atoms with Gasteiger partial charge >= 0.3 is 5.97 Å². The molecular formula is C20H23NO6. The second-order valence-corrected chi connectivity index (χ2v) is 5.80. The number of nitrogens with one attached hydrogen (secondary N) is 1. The van der Waals surface area contributed by atoms with Gasteiger partial charge in [0, 0.05) is 6.07 Å².